The highest BCUT2D eigenvalue weighted by Crippen LogP contribution is 2.30. The molecule has 0 aromatic heterocycles. The summed E-state index contributed by atoms with van der Waals surface area (Å²) in [4.78, 5) is 0. The maximum absolute atomic E-state index is 8.87. The second-order valence-electron chi connectivity index (χ2n) is 4.36. The van der Waals surface area contributed by atoms with Gasteiger partial charge in [-0.05, 0) is 42.9 Å². The van der Waals surface area contributed by atoms with Crippen LogP contribution in [-0.4, -0.2) is 25.6 Å². The molecule has 0 heterocycles. The largest absolute Gasteiger partial charge is 0.467 e. The second-order valence-corrected chi connectivity index (χ2v) is 4.36. The Morgan fingerprint density at radius 3 is 2.76 bits per heavy atom. The van der Waals surface area contributed by atoms with Gasteiger partial charge in [-0.3, -0.25) is 0 Å². The predicted molar refractivity (Wildman–Crippen MR) is 68.4 cm³/mol. The molecule has 1 aromatic rings. The van der Waals surface area contributed by atoms with E-state index in [9.17, 15) is 0 Å². The Hall–Kier alpha value is -1.06. The highest BCUT2D eigenvalue weighted by Gasteiger charge is 2.11. The molecule has 17 heavy (non-hydrogen) atoms. The van der Waals surface area contributed by atoms with Crippen LogP contribution in [0.4, 0.5) is 0 Å². The van der Waals surface area contributed by atoms with Crippen LogP contribution in [0.2, 0.25) is 0 Å². The van der Waals surface area contributed by atoms with E-state index >= 15 is 0 Å². The van der Waals surface area contributed by atoms with Crippen LogP contribution in [-0.2, 0) is 4.74 Å². The Balaban J connectivity index is 2.80. The van der Waals surface area contributed by atoms with Crippen molar-refractivity contribution in [1.82, 2.24) is 0 Å². The summed E-state index contributed by atoms with van der Waals surface area (Å²) in [6, 6.07) is 6.22. The van der Waals surface area contributed by atoms with E-state index in [0.29, 0.717) is 5.92 Å². The predicted octanol–water partition coefficient (Wildman–Crippen LogP) is 2.85. The standard InChI is InChI=1S/C14H22O3/c1-11-6-7-13(12(2)5-4-8-15)14(9-11)17-10-16-3/h6-7,9,12,15H,4-5,8,10H2,1-3H3/t12-/m0/s1. The van der Waals surface area contributed by atoms with Crippen molar-refractivity contribution in [3.8, 4) is 5.75 Å². The van der Waals surface area contributed by atoms with Gasteiger partial charge < -0.3 is 14.6 Å². The first-order valence-electron chi connectivity index (χ1n) is 6.02. The van der Waals surface area contributed by atoms with Crippen LogP contribution in [0.5, 0.6) is 5.75 Å². The lowest BCUT2D eigenvalue weighted by Gasteiger charge is -2.17. The van der Waals surface area contributed by atoms with Gasteiger partial charge in [-0.1, -0.05) is 19.1 Å². The third-order valence-electron chi connectivity index (χ3n) is 2.83. The Morgan fingerprint density at radius 2 is 2.12 bits per heavy atom. The first-order valence-corrected chi connectivity index (χ1v) is 6.02. The van der Waals surface area contributed by atoms with E-state index in [-0.39, 0.29) is 13.4 Å². The zero-order chi connectivity index (χ0) is 12.7. The molecule has 0 aliphatic heterocycles. The van der Waals surface area contributed by atoms with Crippen molar-refractivity contribution in [2.75, 3.05) is 20.5 Å². The average molecular weight is 238 g/mol. The molecule has 0 unspecified atom stereocenters. The molecule has 0 amide bonds. The lowest BCUT2D eigenvalue weighted by molar-refractivity contribution is 0.0501. The molecule has 0 spiro atoms. The van der Waals surface area contributed by atoms with E-state index in [1.54, 1.807) is 7.11 Å². The SMILES string of the molecule is COCOc1cc(C)ccc1[C@@H](C)CCCO. The summed E-state index contributed by atoms with van der Waals surface area (Å²) in [5.41, 5.74) is 2.36. The number of ether oxygens (including phenoxy) is 2. The zero-order valence-corrected chi connectivity index (χ0v) is 10.9. The number of methoxy groups -OCH3 is 1. The number of aliphatic hydroxyl groups is 1. The molecule has 0 saturated heterocycles. The van der Waals surface area contributed by atoms with Crippen LogP contribution in [0, 0.1) is 6.92 Å². The highest BCUT2D eigenvalue weighted by atomic mass is 16.7. The van der Waals surface area contributed by atoms with E-state index in [1.807, 2.05) is 13.0 Å². The molecule has 0 saturated carbocycles. The Bertz CT molecular complexity index is 336. The fraction of sp³-hybridized carbons (Fsp3) is 0.571. The summed E-state index contributed by atoms with van der Waals surface area (Å²) in [6.45, 7) is 4.70. The van der Waals surface area contributed by atoms with Gasteiger partial charge in [-0.2, -0.15) is 0 Å². The van der Waals surface area contributed by atoms with Crippen molar-refractivity contribution < 1.29 is 14.6 Å². The smallest absolute Gasteiger partial charge is 0.188 e. The van der Waals surface area contributed by atoms with Crippen LogP contribution >= 0.6 is 0 Å². The molecule has 1 rings (SSSR count). The number of rotatable bonds is 7. The van der Waals surface area contributed by atoms with Gasteiger partial charge in [0.05, 0.1) is 0 Å². The lowest BCUT2D eigenvalue weighted by Crippen LogP contribution is -2.04. The van der Waals surface area contributed by atoms with Crippen molar-refractivity contribution in [1.29, 1.82) is 0 Å². The zero-order valence-electron chi connectivity index (χ0n) is 10.9. The molecule has 3 nitrogen and oxygen atoms in total. The lowest BCUT2D eigenvalue weighted by atomic mass is 9.94. The van der Waals surface area contributed by atoms with Crippen LogP contribution in [0.25, 0.3) is 0 Å². The maximum atomic E-state index is 8.87. The van der Waals surface area contributed by atoms with Gasteiger partial charge in [0.15, 0.2) is 6.79 Å². The van der Waals surface area contributed by atoms with E-state index in [4.69, 9.17) is 14.6 Å². The Kier molecular flexibility index (Phi) is 6.01. The minimum Gasteiger partial charge on any atom is -0.467 e. The summed E-state index contributed by atoms with van der Waals surface area (Å²) in [5, 5.41) is 8.87. The molecule has 0 aliphatic rings. The van der Waals surface area contributed by atoms with Gasteiger partial charge in [-0.15, -0.1) is 0 Å². The van der Waals surface area contributed by atoms with Crippen molar-refractivity contribution in [3.05, 3.63) is 29.3 Å². The maximum Gasteiger partial charge on any atom is 0.188 e. The Morgan fingerprint density at radius 1 is 1.35 bits per heavy atom. The van der Waals surface area contributed by atoms with E-state index < -0.39 is 0 Å². The third kappa shape index (κ3) is 4.36. The molecule has 0 fully saturated rings. The van der Waals surface area contributed by atoms with E-state index in [2.05, 4.69) is 19.1 Å². The number of hydrogen-bond donors (Lipinski definition) is 1. The van der Waals surface area contributed by atoms with Crippen LogP contribution in [0.3, 0.4) is 0 Å². The number of aliphatic hydroxyl groups excluding tert-OH is 1. The molecule has 0 aliphatic carbocycles. The molecule has 1 N–H and O–H groups in total. The van der Waals surface area contributed by atoms with Gasteiger partial charge >= 0.3 is 0 Å². The van der Waals surface area contributed by atoms with Crippen LogP contribution < -0.4 is 4.74 Å². The fourth-order valence-electron chi connectivity index (χ4n) is 1.85. The van der Waals surface area contributed by atoms with Gasteiger partial charge in [0.25, 0.3) is 0 Å². The summed E-state index contributed by atoms with van der Waals surface area (Å²) >= 11 is 0. The monoisotopic (exact) mass is 238 g/mol. The first-order chi connectivity index (χ1) is 8.19. The normalized spacial score (nSPS) is 12.5. The van der Waals surface area contributed by atoms with Crippen LogP contribution in [0.15, 0.2) is 18.2 Å². The second kappa shape index (κ2) is 7.30. The van der Waals surface area contributed by atoms with Gasteiger partial charge in [-0.25, -0.2) is 0 Å². The highest BCUT2D eigenvalue weighted by molar-refractivity contribution is 5.39. The average Bonchev–Trinajstić information content (AvgIpc) is 2.33. The molecule has 3 heteroatoms. The number of hydrogen-bond acceptors (Lipinski definition) is 3. The molecule has 96 valence electrons. The van der Waals surface area contributed by atoms with Crippen molar-refractivity contribution in [2.24, 2.45) is 0 Å². The molecular weight excluding hydrogens is 216 g/mol. The van der Waals surface area contributed by atoms with Gasteiger partial charge in [0, 0.05) is 13.7 Å². The quantitative estimate of drug-likeness (QED) is 0.742. The number of aryl methyl sites for hydroxylation is 1. The number of benzene rings is 1. The van der Waals surface area contributed by atoms with Crippen molar-refractivity contribution in [3.63, 3.8) is 0 Å². The molecular formula is C14H22O3. The van der Waals surface area contributed by atoms with Crippen molar-refractivity contribution in [2.45, 2.75) is 32.6 Å². The summed E-state index contributed by atoms with van der Waals surface area (Å²) < 4.78 is 10.5. The minimum atomic E-state index is 0.241. The third-order valence-corrected chi connectivity index (χ3v) is 2.83. The first kappa shape index (κ1) is 14.0. The summed E-state index contributed by atoms with van der Waals surface area (Å²) in [5.74, 6) is 1.27. The topological polar surface area (TPSA) is 38.7 Å². The molecule has 1 aromatic carbocycles. The van der Waals surface area contributed by atoms with Crippen LogP contribution in [0.1, 0.15) is 36.8 Å². The van der Waals surface area contributed by atoms with Crippen molar-refractivity contribution >= 4 is 0 Å². The Labute approximate surface area is 103 Å². The van der Waals surface area contributed by atoms with Gasteiger partial charge in [0.1, 0.15) is 5.75 Å². The molecule has 1 atom stereocenters. The summed E-state index contributed by atoms with van der Waals surface area (Å²) in [6.07, 6.45) is 1.78. The van der Waals surface area contributed by atoms with E-state index in [0.717, 1.165) is 18.6 Å². The van der Waals surface area contributed by atoms with Gasteiger partial charge in [0.2, 0.25) is 0 Å². The summed E-state index contributed by atoms with van der Waals surface area (Å²) in [7, 11) is 1.62. The molecule has 0 radical (unpaired) electrons. The molecule has 0 bridgehead atoms. The fourth-order valence-corrected chi connectivity index (χ4v) is 1.85. The minimum absolute atomic E-state index is 0.241. The van der Waals surface area contributed by atoms with E-state index in [1.165, 1.54) is 11.1 Å².